The Balaban J connectivity index is 3.00. The monoisotopic (exact) mass is 274 g/mol. The number of aliphatic carboxylic acids is 1. The third kappa shape index (κ3) is 4.27. The molecule has 0 bridgehead atoms. The molecule has 1 amide bonds. The molecular formula is C12H11F3NO3-. The van der Waals surface area contributed by atoms with Crippen LogP contribution in [0.15, 0.2) is 24.3 Å². The molecule has 1 atom stereocenters. The fourth-order valence-electron chi connectivity index (χ4n) is 1.62. The number of alkyl halides is 3. The number of hydrogen-bond donors (Lipinski definition) is 1. The fraction of sp³-hybridized carbons (Fsp3) is 0.333. The van der Waals surface area contributed by atoms with E-state index in [-0.39, 0.29) is 0 Å². The first-order valence-corrected chi connectivity index (χ1v) is 5.35. The first kappa shape index (κ1) is 15.0. The van der Waals surface area contributed by atoms with Crippen molar-refractivity contribution < 1.29 is 27.9 Å². The summed E-state index contributed by atoms with van der Waals surface area (Å²) in [7, 11) is 0. The van der Waals surface area contributed by atoms with E-state index < -0.39 is 30.5 Å². The molecule has 0 saturated carbocycles. The van der Waals surface area contributed by atoms with Crippen LogP contribution in [0.2, 0.25) is 0 Å². The highest BCUT2D eigenvalue weighted by atomic mass is 19.4. The standard InChI is InChI=1S/C12H12F3NO3/c1-7-4-2-3-5-8(7)9(6-10(17)18)16-11(19)12(13,14)15/h2-5,9H,6H2,1H3,(H,16,19)(H,17,18)/p-1/t9-/m1/s1. The Morgan fingerprint density at radius 3 is 2.37 bits per heavy atom. The number of rotatable bonds is 4. The molecular weight excluding hydrogens is 263 g/mol. The molecule has 0 heterocycles. The molecule has 0 aliphatic carbocycles. The van der Waals surface area contributed by atoms with E-state index in [9.17, 15) is 27.9 Å². The van der Waals surface area contributed by atoms with Crippen LogP contribution in [0.25, 0.3) is 0 Å². The number of amides is 1. The molecule has 0 aliphatic rings. The number of hydrogen-bond acceptors (Lipinski definition) is 3. The van der Waals surface area contributed by atoms with Gasteiger partial charge in [0.25, 0.3) is 0 Å². The maximum Gasteiger partial charge on any atom is 0.471 e. The van der Waals surface area contributed by atoms with Crippen LogP contribution in [-0.4, -0.2) is 18.1 Å². The molecule has 1 aromatic rings. The van der Waals surface area contributed by atoms with E-state index in [0.717, 1.165) is 0 Å². The number of benzene rings is 1. The molecule has 0 saturated heterocycles. The van der Waals surface area contributed by atoms with Crippen LogP contribution in [0.3, 0.4) is 0 Å². The summed E-state index contributed by atoms with van der Waals surface area (Å²) < 4.78 is 36.6. The molecule has 0 aliphatic heterocycles. The molecule has 19 heavy (non-hydrogen) atoms. The highest BCUT2D eigenvalue weighted by molar-refractivity contribution is 5.82. The number of carboxylic acids is 1. The number of carboxylic acid groups (broad SMARTS) is 1. The maximum absolute atomic E-state index is 12.2. The van der Waals surface area contributed by atoms with Crippen molar-refractivity contribution in [3.8, 4) is 0 Å². The molecule has 7 heteroatoms. The van der Waals surface area contributed by atoms with Crippen LogP contribution < -0.4 is 10.4 Å². The van der Waals surface area contributed by atoms with Crippen LogP contribution >= 0.6 is 0 Å². The van der Waals surface area contributed by atoms with Gasteiger partial charge in [-0.25, -0.2) is 0 Å². The lowest BCUT2D eigenvalue weighted by Gasteiger charge is -2.22. The molecule has 0 aromatic heterocycles. The predicted molar refractivity (Wildman–Crippen MR) is 57.7 cm³/mol. The number of halogens is 3. The second-order valence-electron chi connectivity index (χ2n) is 3.96. The van der Waals surface area contributed by atoms with Crippen molar-refractivity contribution >= 4 is 11.9 Å². The number of aryl methyl sites for hydroxylation is 1. The molecule has 0 unspecified atom stereocenters. The zero-order valence-corrected chi connectivity index (χ0v) is 9.95. The van der Waals surface area contributed by atoms with Crippen molar-refractivity contribution in [3.05, 3.63) is 35.4 Å². The first-order valence-electron chi connectivity index (χ1n) is 5.35. The summed E-state index contributed by atoms with van der Waals surface area (Å²) in [5, 5.41) is 12.2. The van der Waals surface area contributed by atoms with Gasteiger partial charge < -0.3 is 15.2 Å². The Morgan fingerprint density at radius 2 is 1.89 bits per heavy atom. The summed E-state index contributed by atoms with van der Waals surface area (Å²) in [6.07, 6.45) is -5.79. The summed E-state index contributed by atoms with van der Waals surface area (Å²) >= 11 is 0. The zero-order chi connectivity index (χ0) is 14.6. The lowest BCUT2D eigenvalue weighted by molar-refractivity contribution is -0.306. The Bertz CT molecular complexity index is 485. The zero-order valence-electron chi connectivity index (χ0n) is 9.95. The molecule has 4 nitrogen and oxygen atoms in total. The average Bonchev–Trinajstić information content (AvgIpc) is 2.26. The van der Waals surface area contributed by atoms with Crippen molar-refractivity contribution in [3.63, 3.8) is 0 Å². The number of carbonyl (C=O) groups is 2. The Hall–Kier alpha value is -2.05. The summed E-state index contributed by atoms with van der Waals surface area (Å²) in [5.74, 6) is -3.72. The van der Waals surface area contributed by atoms with Crippen LogP contribution in [0.4, 0.5) is 13.2 Å². The van der Waals surface area contributed by atoms with Gasteiger partial charge in [-0.05, 0) is 18.1 Å². The predicted octanol–water partition coefficient (Wildman–Crippen LogP) is 0.855. The van der Waals surface area contributed by atoms with Gasteiger partial charge in [-0.2, -0.15) is 13.2 Å². The molecule has 0 spiro atoms. The van der Waals surface area contributed by atoms with Crippen LogP contribution in [0, 0.1) is 6.92 Å². The van der Waals surface area contributed by atoms with Gasteiger partial charge in [-0.3, -0.25) is 4.79 Å². The summed E-state index contributed by atoms with van der Waals surface area (Å²) in [6, 6.07) is 4.99. The van der Waals surface area contributed by atoms with Gasteiger partial charge in [0.15, 0.2) is 0 Å². The minimum atomic E-state index is -5.06. The van der Waals surface area contributed by atoms with Crippen LogP contribution in [0.5, 0.6) is 0 Å². The Kier molecular flexibility index (Phi) is 4.52. The SMILES string of the molecule is Cc1ccccc1[C@@H](CC(=O)[O-])NC(=O)C(F)(F)F. The van der Waals surface area contributed by atoms with E-state index in [1.54, 1.807) is 30.4 Å². The van der Waals surface area contributed by atoms with Gasteiger partial charge in [0.2, 0.25) is 0 Å². The highest BCUT2D eigenvalue weighted by Gasteiger charge is 2.40. The van der Waals surface area contributed by atoms with E-state index in [1.165, 1.54) is 6.07 Å². The summed E-state index contributed by atoms with van der Waals surface area (Å²) in [5.41, 5.74) is 0.889. The van der Waals surface area contributed by atoms with Gasteiger partial charge in [0.1, 0.15) is 0 Å². The lowest BCUT2D eigenvalue weighted by atomic mass is 9.99. The quantitative estimate of drug-likeness (QED) is 0.885. The van der Waals surface area contributed by atoms with E-state index in [0.29, 0.717) is 11.1 Å². The fourth-order valence-corrected chi connectivity index (χ4v) is 1.62. The molecule has 1 N–H and O–H groups in total. The minimum absolute atomic E-state index is 0.310. The third-order valence-electron chi connectivity index (χ3n) is 2.50. The lowest BCUT2D eigenvalue weighted by Crippen LogP contribution is -2.41. The van der Waals surface area contributed by atoms with Crippen molar-refractivity contribution in [1.29, 1.82) is 0 Å². The van der Waals surface area contributed by atoms with Gasteiger partial charge in [-0.15, -0.1) is 0 Å². The highest BCUT2D eigenvalue weighted by Crippen LogP contribution is 2.23. The topological polar surface area (TPSA) is 69.2 Å². The Labute approximate surface area is 107 Å². The largest absolute Gasteiger partial charge is 0.550 e. The average molecular weight is 274 g/mol. The molecule has 1 aromatic carbocycles. The second-order valence-corrected chi connectivity index (χ2v) is 3.96. The Morgan fingerprint density at radius 1 is 1.32 bits per heavy atom. The number of nitrogens with one attached hydrogen (secondary N) is 1. The van der Waals surface area contributed by atoms with Crippen molar-refractivity contribution in [2.24, 2.45) is 0 Å². The van der Waals surface area contributed by atoms with Crippen molar-refractivity contribution in [1.82, 2.24) is 5.32 Å². The van der Waals surface area contributed by atoms with Gasteiger partial charge in [-0.1, -0.05) is 24.3 Å². The molecule has 104 valence electrons. The van der Waals surface area contributed by atoms with Gasteiger partial charge >= 0.3 is 12.1 Å². The van der Waals surface area contributed by atoms with E-state index in [1.807, 2.05) is 0 Å². The summed E-state index contributed by atoms with van der Waals surface area (Å²) in [4.78, 5) is 21.5. The maximum atomic E-state index is 12.2. The minimum Gasteiger partial charge on any atom is -0.550 e. The molecule has 0 radical (unpaired) electrons. The number of carbonyl (C=O) groups excluding carboxylic acids is 2. The molecule has 1 rings (SSSR count). The summed E-state index contributed by atoms with van der Waals surface area (Å²) in [6.45, 7) is 1.61. The smallest absolute Gasteiger partial charge is 0.471 e. The van der Waals surface area contributed by atoms with E-state index in [2.05, 4.69) is 0 Å². The first-order chi connectivity index (χ1) is 8.71. The molecule has 0 fully saturated rings. The van der Waals surface area contributed by atoms with Crippen LogP contribution in [-0.2, 0) is 9.59 Å². The van der Waals surface area contributed by atoms with Gasteiger partial charge in [0.05, 0.1) is 6.04 Å². The normalized spacial score (nSPS) is 12.8. The van der Waals surface area contributed by atoms with Crippen molar-refractivity contribution in [2.75, 3.05) is 0 Å². The van der Waals surface area contributed by atoms with Crippen LogP contribution in [0.1, 0.15) is 23.6 Å². The van der Waals surface area contributed by atoms with Gasteiger partial charge in [0, 0.05) is 12.4 Å². The van der Waals surface area contributed by atoms with Crippen molar-refractivity contribution in [2.45, 2.75) is 25.6 Å². The third-order valence-corrected chi connectivity index (χ3v) is 2.50. The second kappa shape index (κ2) is 5.73. The van der Waals surface area contributed by atoms with E-state index >= 15 is 0 Å². The van der Waals surface area contributed by atoms with E-state index in [4.69, 9.17) is 0 Å².